The van der Waals surface area contributed by atoms with Gasteiger partial charge < -0.3 is 19.5 Å². The number of hydrogen-bond acceptors (Lipinski definition) is 3. The van der Waals surface area contributed by atoms with Crippen molar-refractivity contribution < 1.29 is 13.9 Å². The van der Waals surface area contributed by atoms with Gasteiger partial charge >= 0.3 is 0 Å². The van der Waals surface area contributed by atoms with Crippen molar-refractivity contribution in [3.63, 3.8) is 0 Å². The molecule has 5 heteroatoms. The van der Waals surface area contributed by atoms with Crippen LogP contribution in [-0.2, 0) is 0 Å². The highest BCUT2D eigenvalue weighted by molar-refractivity contribution is 6.00. The zero-order valence-corrected chi connectivity index (χ0v) is 19.9. The molecule has 5 rings (SSSR count). The third-order valence-corrected chi connectivity index (χ3v) is 6.56. The number of amides is 1. The third kappa shape index (κ3) is 3.83. The zero-order chi connectivity index (χ0) is 23.8. The minimum Gasteiger partial charge on any atom is -0.497 e. The number of aromatic amines is 1. The molecule has 0 aliphatic carbocycles. The van der Waals surface area contributed by atoms with E-state index in [1.807, 2.05) is 50.4 Å². The molecule has 0 bridgehead atoms. The molecular weight excluding hydrogens is 424 g/mol. The Labute approximate surface area is 198 Å². The van der Waals surface area contributed by atoms with Crippen LogP contribution in [0.3, 0.4) is 0 Å². The number of rotatable bonds is 6. The van der Waals surface area contributed by atoms with Gasteiger partial charge in [-0.25, -0.2) is 0 Å². The van der Waals surface area contributed by atoms with Crippen molar-refractivity contribution in [2.75, 3.05) is 13.7 Å². The van der Waals surface area contributed by atoms with Crippen LogP contribution in [0.4, 0.5) is 0 Å². The van der Waals surface area contributed by atoms with Gasteiger partial charge in [0.1, 0.15) is 11.3 Å². The first-order chi connectivity index (χ1) is 16.5. The highest BCUT2D eigenvalue weighted by atomic mass is 16.5. The standard InChI is InChI=1S/C29H28N2O3/c1-17-13-18(2)27-19(3)28(34-26(27)14-17)29(32)31-15-23(20-9-11-21(33-4)12-10-20)24-16-30-25-8-6-5-7-22(24)25/h5-14,16,23,30H,15H2,1-4H3,(H,31,32)/t23-/m0/s1. The van der Waals surface area contributed by atoms with Crippen molar-refractivity contribution in [2.45, 2.75) is 26.7 Å². The Balaban J connectivity index is 1.48. The number of furan rings is 1. The number of methoxy groups -OCH3 is 1. The van der Waals surface area contributed by atoms with Crippen LogP contribution in [0.2, 0.25) is 0 Å². The van der Waals surface area contributed by atoms with Gasteiger partial charge in [-0.05, 0) is 67.3 Å². The summed E-state index contributed by atoms with van der Waals surface area (Å²) < 4.78 is 11.4. The molecule has 0 radical (unpaired) electrons. The van der Waals surface area contributed by atoms with Gasteiger partial charge in [-0.15, -0.1) is 0 Å². The Kier molecular flexibility index (Phi) is 5.62. The van der Waals surface area contributed by atoms with Gasteiger partial charge in [0.2, 0.25) is 0 Å². The molecule has 172 valence electrons. The number of aryl methyl sites for hydroxylation is 3. The summed E-state index contributed by atoms with van der Waals surface area (Å²) in [5.41, 5.74) is 7.16. The second-order valence-corrected chi connectivity index (χ2v) is 8.84. The second-order valence-electron chi connectivity index (χ2n) is 8.84. The van der Waals surface area contributed by atoms with E-state index in [0.717, 1.165) is 55.4 Å². The van der Waals surface area contributed by atoms with Crippen LogP contribution >= 0.6 is 0 Å². The fraction of sp³-hybridized carbons (Fsp3) is 0.207. The van der Waals surface area contributed by atoms with Crippen LogP contribution in [0.5, 0.6) is 5.75 Å². The summed E-state index contributed by atoms with van der Waals surface area (Å²) in [5.74, 6) is 0.925. The summed E-state index contributed by atoms with van der Waals surface area (Å²) in [6.07, 6.45) is 2.03. The second kappa shape index (κ2) is 8.75. The van der Waals surface area contributed by atoms with E-state index < -0.39 is 0 Å². The number of aromatic nitrogens is 1. The first-order valence-electron chi connectivity index (χ1n) is 11.4. The molecule has 0 saturated heterocycles. The smallest absolute Gasteiger partial charge is 0.287 e. The number of H-pyrrole nitrogens is 1. The molecule has 0 fully saturated rings. The normalized spacial score (nSPS) is 12.2. The summed E-state index contributed by atoms with van der Waals surface area (Å²) in [6.45, 7) is 6.46. The lowest BCUT2D eigenvalue weighted by Gasteiger charge is -2.18. The van der Waals surface area contributed by atoms with Crippen molar-refractivity contribution in [2.24, 2.45) is 0 Å². The fourth-order valence-corrected chi connectivity index (χ4v) is 4.91. The minimum atomic E-state index is -0.205. The number of ether oxygens (including phenoxy) is 1. The highest BCUT2D eigenvalue weighted by Gasteiger charge is 2.23. The molecule has 5 aromatic rings. The molecule has 2 aromatic heterocycles. The van der Waals surface area contributed by atoms with Crippen LogP contribution in [-0.4, -0.2) is 24.5 Å². The topological polar surface area (TPSA) is 67.3 Å². The van der Waals surface area contributed by atoms with Gasteiger partial charge in [0.25, 0.3) is 5.91 Å². The lowest BCUT2D eigenvalue weighted by Crippen LogP contribution is -2.29. The number of fused-ring (bicyclic) bond motifs is 2. The largest absolute Gasteiger partial charge is 0.497 e. The summed E-state index contributed by atoms with van der Waals surface area (Å²) in [7, 11) is 1.66. The Morgan fingerprint density at radius 3 is 2.59 bits per heavy atom. The minimum absolute atomic E-state index is 0.0420. The van der Waals surface area contributed by atoms with Crippen molar-refractivity contribution in [1.82, 2.24) is 10.3 Å². The first kappa shape index (κ1) is 21.8. The van der Waals surface area contributed by atoms with E-state index in [0.29, 0.717) is 12.3 Å². The summed E-state index contributed by atoms with van der Waals surface area (Å²) in [6, 6.07) is 20.3. The number of para-hydroxylation sites is 1. The van der Waals surface area contributed by atoms with Crippen molar-refractivity contribution in [1.29, 1.82) is 0 Å². The maximum atomic E-state index is 13.3. The van der Waals surface area contributed by atoms with Crippen LogP contribution in [0.1, 0.15) is 44.3 Å². The van der Waals surface area contributed by atoms with Crippen molar-refractivity contribution in [3.05, 3.63) is 100 Å². The van der Waals surface area contributed by atoms with E-state index in [9.17, 15) is 4.79 Å². The SMILES string of the molecule is COc1ccc([C@H](CNC(=O)c2oc3cc(C)cc(C)c3c2C)c2c[nH]c3ccccc23)cc1. The van der Waals surface area contributed by atoms with E-state index in [1.165, 1.54) is 0 Å². The Bertz CT molecular complexity index is 1490. The number of benzene rings is 3. The summed E-state index contributed by atoms with van der Waals surface area (Å²) >= 11 is 0. The average molecular weight is 453 g/mol. The molecule has 0 saturated carbocycles. The van der Waals surface area contributed by atoms with E-state index >= 15 is 0 Å². The Hall–Kier alpha value is -3.99. The van der Waals surface area contributed by atoms with E-state index in [-0.39, 0.29) is 11.8 Å². The maximum Gasteiger partial charge on any atom is 0.287 e. The quantitative estimate of drug-likeness (QED) is 0.313. The van der Waals surface area contributed by atoms with Gasteiger partial charge in [-0.3, -0.25) is 4.79 Å². The van der Waals surface area contributed by atoms with Crippen molar-refractivity contribution >= 4 is 27.8 Å². The molecule has 1 atom stereocenters. The predicted molar refractivity (Wildman–Crippen MR) is 136 cm³/mol. The zero-order valence-electron chi connectivity index (χ0n) is 19.9. The molecule has 1 amide bonds. The number of carbonyl (C=O) groups excluding carboxylic acids is 1. The van der Waals surface area contributed by atoms with E-state index in [1.54, 1.807) is 7.11 Å². The van der Waals surface area contributed by atoms with Crippen LogP contribution in [0.15, 0.2) is 71.3 Å². The molecular formula is C29H28N2O3. The van der Waals surface area contributed by atoms with Gasteiger partial charge in [-0.1, -0.05) is 36.4 Å². The Morgan fingerprint density at radius 2 is 1.82 bits per heavy atom. The average Bonchev–Trinajstić information content (AvgIpc) is 3.41. The summed E-state index contributed by atoms with van der Waals surface area (Å²) in [4.78, 5) is 16.6. The first-order valence-corrected chi connectivity index (χ1v) is 11.4. The van der Waals surface area contributed by atoms with Gasteiger partial charge in [0, 0.05) is 40.5 Å². The van der Waals surface area contributed by atoms with E-state index in [4.69, 9.17) is 9.15 Å². The monoisotopic (exact) mass is 452 g/mol. The van der Waals surface area contributed by atoms with E-state index in [2.05, 4.69) is 47.6 Å². The van der Waals surface area contributed by atoms with Crippen LogP contribution in [0, 0.1) is 20.8 Å². The van der Waals surface area contributed by atoms with Gasteiger partial charge in [0.05, 0.1) is 7.11 Å². The van der Waals surface area contributed by atoms with Crippen LogP contribution in [0.25, 0.3) is 21.9 Å². The molecule has 0 spiro atoms. The molecule has 2 N–H and O–H groups in total. The Morgan fingerprint density at radius 1 is 1.06 bits per heavy atom. The molecule has 34 heavy (non-hydrogen) atoms. The lowest BCUT2D eigenvalue weighted by molar-refractivity contribution is 0.0926. The molecule has 5 nitrogen and oxygen atoms in total. The highest BCUT2D eigenvalue weighted by Crippen LogP contribution is 2.32. The fourth-order valence-electron chi connectivity index (χ4n) is 4.91. The lowest BCUT2D eigenvalue weighted by atomic mass is 9.90. The summed E-state index contributed by atoms with van der Waals surface area (Å²) in [5, 5.41) is 5.29. The third-order valence-electron chi connectivity index (χ3n) is 6.56. The van der Waals surface area contributed by atoms with Crippen molar-refractivity contribution in [3.8, 4) is 5.75 Å². The number of hydrogen-bond donors (Lipinski definition) is 2. The molecule has 0 aliphatic rings. The van der Waals surface area contributed by atoms with Gasteiger partial charge in [0.15, 0.2) is 5.76 Å². The number of nitrogens with one attached hydrogen (secondary N) is 2. The molecule has 2 heterocycles. The van der Waals surface area contributed by atoms with Crippen LogP contribution < -0.4 is 10.1 Å². The maximum absolute atomic E-state index is 13.3. The molecule has 0 unspecified atom stereocenters. The van der Waals surface area contributed by atoms with Gasteiger partial charge in [-0.2, -0.15) is 0 Å². The molecule has 3 aromatic carbocycles. The molecule has 0 aliphatic heterocycles. The number of carbonyl (C=O) groups is 1. The predicted octanol–water partition coefficient (Wildman–Crippen LogP) is 6.41.